The molecular weight excluding hydrogens is 376 g/mol. The van der Waals surface area contributed by atoms with Crippen LogP contribution in [0.2, 0.25) is 0 Å². The third-order valence-corrected chi connectivity index (χ3v) is 5.50. The summed E-state index contributed by atoms with van der Waals surface area (Å²) in [6.45, 7) is 16.1. The molecule has 0 amide bonds. The average molecular weight is 419 g/mol. The van der Waals surface area contributed by atoms with Crippen molar-refractivity contribution in [2.45, 2.75) is 65.6 Å². The maximum absolute atomic E-state index is 5.68. The Labute approximate surface area is 183 Å². The third-order valence-electron chi connectivity index (χ3n) is 5.50. The molecule has 6 heteroatoms. The van der Waals surface area contributed by atoms with Gasteiger partial charge in [-0.05, 0) is 64.8 Å². The molecule has 0 radical (unpaired) electrons. The second-order valence-electron chi connectivity index (χ2n) is 8.48. The molecule has 2 N–H and O–H groups in total. The van der Waals surface area contributed by atoms with Crippen LogP contribution in [0.25, 0.3) is 0 Å². The first-order valence-electron chi connectivity index (χ1n) is 11.6. The minimum Gasteiger partial charge on any atom is -0.379 e. The van der Waals surface area contributed by atoms with Crippen LogP contribution in [-0.2, 0) is 22.6 Å². The van der Waals surface area contributed by atoms with E-state index in [9.17, 15) is 0 Å². The number of hydrogen-bond acceptors (Lipinski definition) is 4. The summed E-state index contributed by atoms with van der Waals surface area (Å²) in [5, 5.41) is 6.93. The first-order valence-corrected chi connectivity index (χ1v) is 11.6. The first kappa shape index (κ1) is 24.6. The van der Waals surface area contributed by atoms with Crippen LogP contribution < -0.4 is 10.6 Å². The van der Waals surface area contributed by atoms with E-state index in [4.69, 9.17) is 14.5 Å². The number of nitrogens with zero attached hydrogens (tertiary/aromatic N) is 2. The van der Waals surface area contributed by atoms with Gasteiger partial charge >= 0.3 is 0 Å². The van der Waals surface area contributed by atoms with E-state index in [2.05, 4.69) is 60.6 Å². The maximum atomic E-state index is 5.68. The molecule has 1 aromatic rings. The minimum atomic E-state index is 0.120. The highest BCUT2D eigenvalue weighted by molar-refractivity contribution is 5.79. The zero-order chi connectivity index (χ0) is 21.7. The summed E-state index contributed by atoms with van der Waals surface area (Å²) in [6.07, 6.45) is 3.98. The zero-order valence-electron chi connectivity index (χ0n) is 19.5. The molecule has 1 fully saturated rings. The predicted octanol–water partition coefficient (Wildman–Crippen LogP) is 3.56. The van der Waals surface area contributed by atoms with Crippen LogP contribution in [0.1, 0.15) is 58.1 Å². The molecule has 0 aliphatic carbocycles. The molecule has 1 aliphatic rings. The lowest BCUT2D eigenvalue weighted by Crippen LogP contribution is -2.54. The number of aliphatic imine (C=N–C) groups is 1. The van der Waals surface area contributed by atoms with Gasteiger partial charge in [-0.15, -0.1) is 0 Å². The number of hydrogen-bond donors (Lipinski definition) is 2. The van der Waals surface area contributed by atoms with Gasteiger partial charge in [0.05, 0.1) is 26.4 Å². The third kappa shape index (κ3) is 9.02. The largest absolute Gasteiger partial charge is 0.379 e. The van der Waals surface area contributed by atoms with Crippen molar-refractivity contribution in [2.75, 3.05) is 46.0 Å². The molecule has 30 heavy (non-hydrogen) atoms. The van der Waals surface area contributed by atoms with Crippen LogP contribution in [0, 0.1) is 0 Å². The molecule has 1 aliphatic heterocycles. The Morgan fingerprint density at radius 3 is 2.50 bits per heavy atom. The van der Waals surface area contributed by atoms with E-state index in [1.54, 1.807) is 0 Å². The SMILES string of the molecule is CCNC(=NCc1cccc(COCCOCC)c1)NCC(C)(C)N1CCCCC1. The number of rotatable bonds is 12. The highest BCUT2D eigenvalue weighted by Crippen LogP contribution is 2.19. The highest BCUT2D eigenvalue weighted by atomic mass is 16.5. The summed E-state index contributed by atoms with van der Waals surface area (Å²) in [5.41, 5.74) is 2.48. The number of guanidine groups is 1. The summed E-state index contributed by atoms with van der Waals surface area (Å²) >= 11 is 0. The topological polar surface area (TPSA) is 58.1 Å². The summed E-state index contributed by atoms with van der Waals surface area (Å²) < 4.78 is 11.0. The van der Waals surface area contributed by atoms with Crippen LogP contribution in [-0.4, -0.2) is 62.4 Å². The van der Waals surface area contributed by atoms with Gasteiger partial charge in [-0.1, -0.05) is 30.7 Å². The smallest absolute Gasteiger partial charge is 0.191 e. The first-order chi connectivity index (χ1) is 14.5. The molecule has 0 saturated carbocycles. The number of nitrogens with one attached hydrogen (secondary N) is 2. The van der Waals surface area contributed by atoms with Gasteiger partial charge in [0, 0.05) is 25.2 Å². The highest BCUT2D eigenvalue weighted by Gasteiger charge is 2.27. The number of piperidine rings is 1. The monoisotopic (exact) mass is 418 g/mol. The Bertz CT molecular complexity index is 627. The molecule has 170 valence electrons. The Morgan fingerprint density at radius 1 is 1.03 bits per heavy atom. The second kappa shape index (κ2) is 13.6. The molecule has 1 aromatic carbocycles. The Morgan fingerprint density at radius 2 is 1.77 bits per heavy atom. The van der Waals surface area contributed by atoms with Gasteiger partial charge in [0.25, 0.3) is 0 Å². The van der Waals surface area contributed by atoms with Crippen molar-refractivity contribution in [3.8, 4) is 0 Å². The molecule has 0 aromatic heterocycles. The van der Waals surface area contributed by atoms with Gasteiger partial charge in [0.1, 0.15) is 0 Å². The Balaban J connectivity index is 1.86. The molecule has 0 bridgehead atoms. The van der Waals surface area contributed by atoms with Crippen molar-refractivity contribution in [1.29, 1.82) is 0 Å². The van der Waals surface area contributed by atoms with Crippen molar-refractivity contribution < 1.29 is 9.47 Å². The van der Waals surface area contributed by atoms with Crippen LogP contribution in [0.15, 0.2) is 29.3 Å². The summed E-state index contributed by atoms with van der Waals surface area (Å²) in [7, 11) is 0. The fourth-order valence-corrected chi connectivity index (χ4v) is 3.69. The van der Waals surface area contributed by atoms with E-state index in [0.29, 0.717) is 26.4 Å². The van der Waals surface area contributed by atoms with Gasteiger partial charge < -0.3 is 20.1 Å². The van der Waals surface area contributed by atoms with E-state index < -0.39 is 0 Å². The van der Waals surface area contributed by atoms with Crippen LogP contribution in [0.4, 0.5) is 0 Å². The molecule has 1 heterocycles. The zero-order valence-corrected chi connectivity index (χ0v) is 19.5. The van der Waals surface area contributed by atoms with Crippen LogP contribution >= 0.6 is 0 Å². The fraction of sp³-hybridized carbons (Fsp3) is 0.708. The molecular formula is C24H42N4O2. The Hall–Kier alpha value is -1.63. The van der Waals surface area contributed by atoms with Crippen molar-refractivity contribution in [3.05, 3.63) is 35.4 Å². The second-order valence-corrected chi connectivity index (χ2v) is 8.48. The summed E-state index contributed by atoms with van der Waals surface area (Å²) in [5.74, 6) is 0.876. The van der Waals surface area contributed by atoms with Crippen molar-refractivity contribution in [2.24, 2.45) is 4.99 Å². The normalized spacial score (nSPS) is 15.9. The lowest BCUT2D eigenvalue weighted by molar-refractivity contribution is 0.0453. The van der Waals surface area contributed by atoms with Crippen molar-refractivity contribution in [3.63, 3.8) is 0 Å². The lowest BCUT2D eigenvalue weighted by Gasteiger charge is -2.41. The predicted molar refractivity (Wildman–Crippen MR) is 125 cm³/mol. The average Bonchev–Trinajstić information content (AvgIpc) is 2.76. The fourth-order valence-electron chi connectivity index (χ4n) is 3.69. The molecule has 0 atom stereocenters. The van der Waals surface area contributed by atoms with E-state index in [0.717, 1.165) is 25.7 Å². The number of likely N-dealkylation sites (tertiary alicyclic amines) is 1. The van der Waals surface area contributed by atoms with E-state index >= 15 is 0 Å². The van der Waals surface area contributed by atoms with Crippen molar-refractivity contribution in [1.82, 2.24) is 15.5 Å². The minimum absolute atomic E-state index is 0.120. The molecule has 6 nitrogen and oxygen atoms in total. The van der Waals surface area contributed by atoms with Crippen molar-refractivity contribution >= 4 is 5.96 Å². The van der Waals surface area contributed by atoms with Crippen LogP contribution in [0.5, 0.6) is 0 Å². The van der Waals surface area contributed by atoms with Gasteiger partial charge in [0.2, 0.25) is 0 Å². The Kier molecular flexibility index (Phi) is 11.2. The molecule has 0 unspecified atom stereocenters. The summed E-state index contributed by atoms with van der Waals surface area (Å²) in [6, 6.07) is 8.46. The summed E-state index contributed by atoms with van der Waals surface area (Å²) in [4.78, 5) is 7.41. The van der Waals surface area contributed by atoms with E-state index in [1.165, 1.54) is 43.5 Å². The quantitative estimate of drug-likeness (QED) is 0.309. The maximum Gasteiger partial charge on any atom is 0.191 e. The van der Waals surface area contributed by atoms with Gasteiger partial charge in [-0.3, -0.25) is 4.90 Å². The van der Waals surface area contributed by atoms with E-state index in [1.807, 2.05) is 6.92 Å². The number of benzene rings is 1. The van der Waals surface area contributed by atoms with Gasteiger partial charge in [-0.2, -0.15) is 0 Å². The van der Waals surface area contributed by atoms with Crippen LogP contribution in [0.3, 0.4) is 0 Å². The lowest BCUT2D eigenvalue weighted by atomic mass is 9.98. The van der Waals surface area contributed by atoms with Gasteiger partial charge in [-0.25, -0.2) is 4.99 Å². The standard InChI is InChI=1S/C24H42N4O2/c1-5-25-23(27-20-24(3,4)28-13-8-7-9-14-28)26-18-21-11-10-12-22(17-21)19-30-16-15-29-6-2/h10-12,17H,5-9,13-16,18-20H2,1-4H3,(H2,25,26,27). The van der Waals surface area contributed by atoms with E-state index in [-0.39, 0.29) is 5.54 Å². The van der Waals surface area contributed by atoms with Gasteiger partial charge in [0.15, 0.2) is 5.96 Å². The molecule has 1 saturated heterocycles. The number of ether oxygens (including phenoxy) is 2. The molecule has 0 spiro atoms. The molecule has 2 rings (SSSR count).